The zero-order valence-electron chi connectivity index (χ0n) is 74.1. The second kappa shape index (κ2) is 57.6. The minimum absolute atomic E-state index is 0.00697. The molecule has 0 saturated heterocycles. The van der Waals surface area contributed by atoms with E-state index >= 15 is 0 Å². The Morgan fingerprint density at radius 1 is 0.700 bits per heavy atom. The number of aliphatic hydroxyl groups excluding tert-OH is 1. The Hall–Kier alpha value is -9.66. The molecule has 2 amide bonds. The molecule has 1 aliphatic heterocycles. The van der Waals surface area contributed by atoms with Gasteiger partial charge in [-0.1, -0.05) is 57.9 Å². The number of anilines is 1. The molecule has 0 aliphatic carbocycles. The SMILES string of the molecule is C/C=C(\C)C(=O)OCC.C=C(C(=O)OCC)C(C)Nc1cc(Br)cnc1Br.CCCCCCc1cnc2cc(C(=O)C[C@@H](CCN)C(=O)N(C)[C@@H]3C(=O)C[C@@H](C)C(=O)N[C@H](C(=O)CCC#N)Cc4ccc(OCCN)c(c4)-c4cc3ccc4OCCN)c(C)nc2c1.CCOC(=O)c1cc2ncc(Br)cc2nc1C.O=[N+]([O-])c1cc(Br)cnc1Br.OCc1cc(Br)cnc1Br. The van der Waals surface area contributed by atoms with Gasteiger partial charge in [-0.3, -0.25) is 54.0 Å². The maximum Gasteiger partial charge on any atom is 0.340 e. The number of nitrogens with zero attached hydrogens (tertiary/aromatic N) is 10. The number of nitriles is 1. The number of Topliss-reactive ketones (excluding diaryl/α,β-unsaturated/α-hetero) is 3. The second-order valence-corrected chi connectivity index (χ2v) is 35.1. The summed E-state index contributed by atoms with van der Waals surface area (Å²) in [7, 11) is 1.51. The van der Waals surface area contributed by atoms with Gasteiger partial charge >= 0.3 is 23.6 Å². The van der Waals surface area contributed by atoms with Crippen LogP contribution in [0.1, 0.15) is 174 Å². The number of carbonyl (C=O) groups excluding carboxylic acids is 8. The summed E-state index contributed by atoms with van der Waals surface area (Å²) in [5.41, 5.74) is 28.3. The molecule has 38 heteroatoms. The number of aryl methyl sites for hydroxylation is 3. The van der Waals surface area contributed by atoms with Crippen molar-refractivity contribution in [2.24, 2.45) is 29.0 Å². The number of aromatic nitrogens is 7. The summed E-state index contributed by atoms with van der Waals surface area (Å²) >= 11 is 22.5. The van der Waals surface area contributed by atoms with Gasteiger partial charge in [0.25, 0.3) is 0 Å². The summed E-state index contributed by atoms with van der Waals surface area (Å²) in [5.74, 6) is -4.04. The second-order valence-electron chi connectivity index (χ2n) is 29.2. The van der Waals surface area contributed by atoms with Crippen molar-refractivity contribution in [3.8, 4) is 28.7 Å². The van der Waals surface area contributed by atoms with Crippen LogP contribution >= 0.6 is 112 Å². The van der Waals surface area contributed by atoms with Crippen LogP contribution in [0.2, 0.25) is 0 Å². The van der Waals surface area contributed by atoms with Crippen LogP contribution in [0.4, 0.5) is 11.4 Å². The van der Waals surface area contributed by atoms with Gasteiger partial charge in [0.05, 0.1) is 94.1 Å². The number of esters is 3. The van der Waals surface area contributed by atoms with E-state index in [1.165, 1.54) is 30.6 Å². The summed E-state index contributed by atoms with van der Waals surface area (Å²) in [6.07, 6.45) is 15.2. The number of hydrogen-bond acceptors (Lipinski definition) is 28. The number of pyridine rings is 7. The van der Waals surface area contributed by atoms with E-state index in [4.69, 9.17) is 46.2 Å². The molecule has 9 N–H and O–H groups in total. The molecule has 0 fully saturated rings. The van der Waals surface area contributed by atoms with Crippen molar-refractivity contribution in [1.82, 2.24) is 45.1 Å². The monoisotopic (exact) mass is 2230 g/mol. The molecule has 696 valence electrons. The van der Waals surface area contributed by atoms with Gasteiger partial charge in [0.1, 0.15) is 40.0 Å². The maximum absolute atomic E-state index is 14.8. The van der Waals surface area contributed by atoms with E-state index in [1.807, 2.05) is 56.4 Å². The Labute approximate surface area is 815 Å². The van der Waals surface area contributed by atoms with Gasteiger partial charge < -0.3 is 61.5 Å². The fourth-order valence-corrected chi connectivity index (χ4v) is 15.0. The first-order valence-electron chi connectivity index (χ1n) is 41.6. The number of allylic oxidation sites excluding steroid dienone is 1. The van der Waals surface area contributed by atoms with Crippen LogP contribution in [0.5, 0.6) is 11.5 Å². The minimum Gasteiger partial charge on any atom is -0.492 e. The average Bonchev–Trinajstić information content (AvgIpc) is 0.778. The standard InChI is InChI=1S/C50H64N8O7.C12H14Br2N2O2.C12H11BrN2O2.C7H12O2.C6H5Br2NO.C5H2Br2N2O2/c1-5-6-7-8-10-34-26-41-40(55-30-34)29-37(32(3)56-41)44(60)28-36(16-18-52)50(63)58(4)48-35-13-15-47(65-22-20-54)39(27-35)38-24-33(12-14-46(38)64-21-19-53)25-42(43(59)11-9-17-51)57-49(62)31(2)23-45(48)61;1-4-18-12(17)7(2)8(3)16-10-5-9(13)6-15-11(10)14;1-3-17-12(16)9-5-10-11(15-7(9)2)4-8(13)6-14-10;1-4-6(3)7(8)9-5-2;7-5-1-4(3-10)6(8)9-2-5;6-3-1-4(9(10)11)5(7)8-2-3/h12-15,24,26-27,29-31,36,42,48H,5-11,16,18-23,25,28,52-54H2,1-4H3,(H,57,62);5-6,8,16H,2,4H2,1,3H3;4-6H,3H2,1-2H3;4H,5H2,1-3H3;1-2,10H,3H2;1-2H/b;;;6-4+;;/t31-,36-,42+,48+;;;;;/m1...../s1. The summed E-state index contributed by atoms with van der Waals surface area (Å²) in [5, 5.41) is 34.3. The van der Waals surface area contributed by atoms with Crippen LogP contribution in [-0.4, -0.2) is 169 Å². The van der Waals surface area contributed by atoms with Crippen molar-refractivity contribution < 1.29 is 72.1 Å². The van der Waals surface area contributed by atoms with Crippen LogP contribution in [0.25, 0.3) is 33.2 Å². The predicted octanol–water partition coefficient (Wildman–Crippen LogP) is 18.2. The zero-order valence-corrected chi connectivity index (χ0v) is 85.2. The Morgan fingerprint density at radius 3 is 1.85 bits per heavy atom. The molecule has 130 heavy (non-hydrogen) atoms. The van der Waals surface area contributed by atoms with E-state index in [1.54, 1.807) is 116 Å². The molecule has 31 nitrogen and oxygen atoms in total. The van der Waals surface area contributed by atoms with Gasteiger partial charge in [-0.2, -0.15) is 5.26 Å². The highest BCUT2D eigenvalue weighted by Crippen LogP contribution is 2.42. The zero-order chi connectivity index (χ0) is 96.4. The number of nitrogens with one attached hydrogen (secondary N) is 2. The van der Waals surface area contributed by atoms with Crippen molar-refractivity contribution in [3.05, 3.63) is 220 Å². The van der Waals surface area contributed by atoms with Gasteiger partial charge in [-0.15, -0.1) is 0 Å². The molecule has 2 aromatic carbocycles. The van der Waals surface area contributed by atoms with Crippen LogP contribution in [0.3, 0.4) is 0 Å². The third kappa shape index (κ3) is 35.1. The number of likely N-dealkylation sites (N-methyl/N-ethyl adjacent to an activating group) is 1. The maximum atomic E-state index is 14.8. The molecule has 4 bridgehead atoms. The fraction of sp³-hybridized carbons (Fsp3) is 0.391. The lowest BCUT2D eigenvalue weighted by atomic mass is 9.88. The van der Waals surface area contributed by atoms with Crippen molar-refractivity contribution >= 4 is 192 Å². The van der Waals surface area contributed by atoms with Crippen LogP contribution in [-0.2, 0) is 62.4 Å². The molecule has 5 atom stereocenters. The lowest BCUT2D eigenvalue weighted by Gasteiger charge is -2.32. The van der Waals surface area contributed by atoms with Crippen molar-refractivity contribution in [2.45, 2.75) is 165 Å². The average molecular weight is 2240 g/mol. The number of hydrogen-bond donors (Lipinski definition) is 6. The van der Waals surface area contributed by atoms with Gasteiger partial charge in [-0.25, -0.2) is 29.3 Å². The first-order valence-corrected chi connectivity index (χ1v) is 47.1. The third-order valence-electron chi connectivity index (χ3n) is 19.5. The van der Waals surface area contributed by atoms with Crippen molar-refractivity contribution in [3.63, 3.8) is 0 Å². The van der Waals surface area contributed by atoms with E-state index in [-0.39, 0.29) is 118 Å². The highest BCUT2D eigenvalue weighted by Gasteiger charge is 2.37. The highest BCUT2D eigenvalue weighted by atomic mass is 79.9. The minimum atomic E-state index is -1.23. The van der Waals surface area contributed by atoms with Crippen LogP contribution < -0.4 is 37.3 Å². The van der Waals surface area contributed by atoms with E-state index in [0.717, 1.165) is 61.4 Å². The van der Waals surface area contributed by atoms with Gasteiger partial charge in [-0.05, 0) is 276 Å². The number of carbonyl (C=O) groups is 8. The smallest absolute Gasteiger partial charge is 0.340 e. The number of ketones is 3. The molecule has 10 rings (SSSR count). The van der Waals surface area contributed by atoms with E-state index in [0.29, 0.717) is 117 Å². The number of unbranched alkanes of at least 4 members (excludes halogenated alkanes) is 3. The predicted molar refractivity (Wildman–Crippen MR) is 523 cm³/mol. The van der Waals surface area contributed by atoms with E-state index in [9.17, 15) is 53.7 Å². The molecule has 8 heterocycles. The number of fused-ring (bicyclic) bond motifs is 7. The third-order valence-corrected chi connectivity index (χ3v) is 23.2. The number of nitro groups is 1. The van der Waals surface area contributed by atoms with E-state index < -0.39 is 52.4 Å². The summed E-state index contributed by atoms with van der Waals surface area (Å²) in [6.45, 7) is 23.8. The van der Waals surface area contributed by atoms with Gasteiger partial charge in [0.15, 0.2) is 22.0 Å². The van der Waals surface area contributed by atoms with Crippen molar-refractivity contribution in [1.29, 1.82) is 5.26 Å². The molecule has 0 spiro atoms. The molecule has 9 aromatic rings. The Balaban J connectivity index is 0.000000363. The molecule has 1 unspecified atom stereocenters. The normalized spacial score (nSPS) is 13.8. The van der Waals surface area contributed by atoms with Crippen LogP contribution in [0.15, 0.2) is 165 Å². The molecular formula is C92H108Br7N15O16. The molecule has 0 saturated carbocycles. The lowest BCUT2D eigenvalue weighted by Crippen LogP contribution is -2.46. The van der Waals surface area contributed by atoms with Crippen LogP contribution in [0, 0.1) is 47.1 Å². The number of ether oxygens (including phenoxy) is 5. The summed E-state index contributed by atoms with van der Waals surface area (Å²) in [6, 6.07) is 22.4. The number of amides is 2. The number of benzene rings is 2. The first kappa shape index (κ1) is 111. The highest BCUT2D eigenvalue weighted by molar-refractivity contribution is 9.11. The number of rotatable bonds is 32. The Kier molecular flexibility index (Phi) is 49.1. The number of halogens is 7. The summed E-state index contributed by atoms with van der Waals surface area (Å²) < 4.78 is 31.6. The lowest BCUT2D eigenvalue weighted by molar-refractivity contribution is -0.386. The summed E-state index contributed by atoms with van der Waals surface area (Å²) in [4.78, 5) is 146. The quantitative estimate of drug-likeness (QED) is 0.00333. The number of nitrogens with two attached hydrogens (primary N) is 3. The largest absolute Gasteiger partial charge is 0.492 e. The van der Waals surface area contributed by atoms with Gasteiger partial charge in [0.2, 0.25) is 11.8 Å². The molecular weight excluding hydrogens is 2130 g/mol. The molecule has 0 radical (unpaired) electrons. The topological polar surface area (TPSA) is 465 Å². The fourth-order valence-electron chi connectivity index (χ4n) is 12.6. The molecule has 1 aliphatic rings. The Morgan fingerprint density at radius 2 is 1.26 bits per heavy atom. The Bertz CT molecular complexity index is 5510. The first-order chi connectivity index (χ1) is 62.0. The number of aliphatic hydroxyl groups is 1. The molecule has 7 aromatic heterocycles. The van der Waals surface area contributed by atoms with E-state index in [2.05, 4.69) is 170 Å². The van der Waals surface area contributed by atoms with Crippen molar-refractivity contribution in [2.75, 3.05) is 65.0 Å². The van der Waals surface area contributed by atoms with Gasteiger partial charge in [0, 0.05) is 146 Å².